The summed E-state index contributed by atoms with van der Waals surface area (Å²) < 4.78 is 0. The molecule has 0 aliphatic rings. The van der Waals surface area contributed by atoms with Gasteiger partial charge in [-0.1, -0.05) is 35.9 Å². The van der Waals surface area contributed by atoms with Crippen molar-refractivity contribution in [2.45, 2.75) is 6.54 Å². The number of rotatable bonds is 3. The number of aromatic nitrogens is 2. The zero-order valence-corrected chi connectivity index (χ0v) is 13.0. The Kier molecular flexibility index (Phi) is 4.10. The molecule has 0 bridgehead atoms. The Morgan fingerprint density at radius 1 is 1.09 bits per heavy atom. The van der Waals surface area contributed by atoms with Crippen LogP contribution < -0.4 is 17.2 Å². The SMILES string of the molecule is NCc1ccccc1-c1nc(N=C(N)N)nc2ccc(Cl)cc12. The van der Waals surface area contributed by atoms with Crippen LogP contribution in [-0.4, -0.2) is 15.9 Å². The topological polar surface area (TPSA) is 116 Å². The first kappa shape index (κ1) is 15.2. The van der Waals surface area contributed by atoms with E-state index in [4.69, 9.17) is 28.8 Å². The van der Waals surface area contributed by atoms with E-state index in [9.17, 15) is 0 Å². The minimum Gasteiger partial charge on any atom is -0.370 e. The Balaban J connectivity index is 2.36. The number of nitrogens with two attached hydrogens (primary N) is 3. The fourth-order valence-electron chi connectivity index (χ4n) is 2.39. The van der Waals surface area contributed by atoms with Gasteiger partial charge < -0.3 is 17.2 Å². The molecule has 0 saturated heterocycles. The second-order valence-electron chi connectivity index (χ2n) is 4.93. The van der Waals surface area contributed by atoms with E-state index in [0.717, 1.165) is 16.5 Å². The van der Waals surface area contributed by atoms with Gasteiger partial charge in [0.2, 0.25) is 0 Å². The number of hydrogen-bond acceptors (Lipinski definition) is 4. The van der Waals surface area contributed by atoms with Crippen molar-refractivity contribution < 1.29 is 0 Å². The minimum absolute atomic E-state index is 0.101. The Morgan fingerprint density at radius 3 is 2.61 bits per heavy atom. The summed E-state index contributed by atoms with van der Waals surface area (Å²) in [7, 11) is 0. The summed E-state index contributed by atoms with van der Waals surface area (Å²) in [5, 5.41) is 1.41. The van der Waals surface area contributed by atoms with Crippen molar-refractivity contribution in [3.63, 3.8) is 0 Å². The Bertz CT molecular complexity index is 902. The molecule has 0 unspecified atom stereocenters. The van der Waals surface area contributed by atoms with Crippen LogP contribution >= 0.6 is 11.6 Å². The number of aliphatic imine (C=N–C) groups is 1. The molecule has 3 aromatic rings. The fraction of sp³-hybridized carbons (Fsp3) is 0.0625. The number of nitrogens with zero attached hydrogens (tertiary/aromatic N) is 3. The van der Waals surface area contributed by atoms with E-state index >= 15 is 0 Å². The van der Waals surface area contributed by atoms with Crippen molar-refractivity contribution in [1.29, 1.82) is 0 Å². The van der Waals surface area contributed by atoms with Crippen LogP contribution in [0.15, 0.2) is 47.5 Å². The van der Waals surface area contributed by atoms with E-state index in [-0.39, 0.29) is 11.9 Å². The highest BCUT2D eigenvalue weighted by molar-refractivity contribution is 6.31. The van der Waals surface area contributed by atoms with Gasteiger partial charge in [0.1, 0.15) is 0 Å². The highest BCUT2D eigenvalue weighted by atomic mass is 35.5. The summed E-state index contributed by atoms with van der Waals surface area (Å²) in [6, 6.07) is 13.1. The molecule has 0 aliphatic carbocycles. The van der Waals surface area contributed by atoms with Gasteiger partial charge in [0, 0.05) is 22.5 Å². The van der Waals surface area contributed by atoms with Crippen LogP contribution in [-0.2, 0) is 6.54 Å². The number of fused-ring (bicyclic) bond motifs is 1. The summed E-state index contributed by atoms with van der Waals surface area (Å²) in [4.78, 5) is 12.8. The van der Waals surface area contributed by atoms with Gasteiger partial charge in [0.25, 0.3) is 5.95 Å². The quantitative estimate of drug-likeness (QED) is 0.504. The maximum absolute atomic E-state index is 6.13. The summed E-state index contributed by atoms with van der Waals surface area (Å²) in [5.41, 5.74) is 20.0. The minimum atomic E-state index is -0.101. The molecule has 0 radical (unpaired) electrons. The monoisotopic (exact) mass is 326 g/mol. The Labute approximate surface area is 138 Å². The molecule has 6 nitrogen and oxygen atoms in total. The van der Waals surface area contributed by atoms with Crippen LogP contribution in [0, 0.1) is 0 Å². The zero-order chi connectivity index (χ0) is 16.4. The normalized spacial score (nSPS) is 10.7. The molecule has 7 heteroatoms. The lowest BCUT2D eigenvalue weighted by Gasteiger charge is -2.11. The van der Waals surface area contributed by atoms with Gasteiger partial charge in [-0.2, -0.15) is 4.99 Å². The first-order valence-electron chi connectivity index (χ1n) is 6.94. The molecule has 116 valence electrons. The van der Waals surface area contributed by atoms with Gasteiger partial charge in [-0.05, 0) is 23.8 Å². The molecule has 1 heterocycles. The molecule has 1 aromatic heterocycles. The average Bonchev–Trinajstić information content (AvgIpc) is 2.54. The van der Waals surface area contributed by atoms with Gasteiger partial charge >= 0.3 is 0 Å². The molecule has 6 N–H and O–H groups in total. The van der Waals surface area contributed by atoms with Crippen LogP contribution in [0.25, 0.3) is 22.2 Å². The van der Waals surface area contributed by atoms with Crippen LogP contribution in [0.3, 0.4) is 0 Å². The lowest BCUT2D eigenvalue weighted by atomic mass is 10.0. The maximum atomic E-state index is 6.13. The summed E-state index contributed by atoms with van der Waals surface area (Å²) in [6.07, 6.45) is 0. The highest BCUT2D eigenvalue weighted by Gasteiger charge is 2.13. The van der Waals surface area contributed by atoms with E-state index in [1.165, 1.54) is 0 Å². The van der Waals surface area contributed by atoms with E-state index in [2.05, 4.69) is 15.0 Å². The number of guanidine groups is 1. The van der Waals surface area contributed by atoms with Gasteiger partial charge in [-0.3, -0.25) is 0 Å². The predicted octanol–water partition coefficient (Wildman–Crippen LogP) is 2.31. The summed E-state index contributed by atoms with van der Waals surface area (Å²) in [5.74, 6) is 0.0954. The summed E-state index contributed by atoms with van der Waals surface area (Å²) in [6.45, 7) is 0.389. The van der Waals surface area contributed by atoms with Crippen molar-refractivity contribution in [3.8, 4) is 11.3 Å². The van der Waals surface area contributed by atoms with E-state index in [1.54, 1.807) is 12.1 Å². The largest absolute Gasteiger partial charge is 0.370 e. The molecule has 0 saturated carbocycles. The van der Waals surface area contributed by atoms with Crippen LogP contribution in [0.5, 0.6) is 0 Å². The molecule has 2 aromatic carbocycles. The molecule has 3 rings (SSSR count). The molecule has 0 fully saturated rings. The van der Waals surface area contributed by atoms with E-state index in [1.807, 2.05) is 30.3 Å². The van der Waals surface area contributed by atoms with Gasteiger partial charge in [-0.25, -0.2) is 9.97 Å². The Hall–Kier alpha value is -2.70. The molecular weight excluding hydrogens is 312 g/mol. The summed E-state index contributed by atoms with van der Waals surface area (Å²) >= 11 is 6.13. The first-order valence-corrected chi connectivity index (χ1v) is 7.31. The third-order valence-electron chi connectivity index (χ3n) is 3.37. The molecule has 0 spiro atoms. The van der Waals surface area contributed by atoms with Gasteiger partial charge in [0.15, 0.2) is 5.96 Å². The lowest BCUT2D eigenvalue weighted by molar-refractivity contribution is 1.07. The van der Waals surface area contributed by atoms with Crippen LogP contribution in [0.2, 0.25) is 5.02 Å². The highest BCUT2D eigenvalue weighted by Crippen LogP contribution is 2.31. The first-order chi connectivity index (χ1) is 11.1. The smallest absolute Gasteiger partial charge is 0.253 e. The van der Waals surface area contributed by atoms with Crippen molar-refractivity contribution in [2.75, 3.05) is 0 Å². The van der Waals surface area contributed by atoms with Crippen LogP contribution in [0.1, 0.15) is 5.56 Å². The predicted molar refractivity (Wildman–Crippen MR) is 93.3 cm³/mol. The van der Waals surface area contributed by atoms with E-state index in [0.29, 0.717) is 22.8 Å². The molecule has 23 heavy (non-hydrogen) atoms. The van der Waals surface area contributed by atoms with Gasteiger partial charge in [-0.15, -0.1) is 0 Å². The van der Waals surface area contributed by atoms with Crippen molar-refractivity contribution in [3.05, 3.63) is 53.1 Å². The Morgan fingerprint density at radius 2 is 1.87 bits per heavy atom. The number of hydrogen-bond donors (Lipinski definition) is 3. The molecule has 0 amide bonds. The fourth-order valence-corrected chi connectivity index (χ4v) is 2.56. The second kappa shape index (κ2) is 6.20. The average molecular weight is 327 g/mol. The zero-order valence-electron chi connectivity index (χ0n) is 12.2. The van der Waals surface area contributed by atoms with E-state index < -0.39 is 0 Å². The van der Waals surface area contributed by atoms with Crippen molar-refractivity contribution in [2.24, 2.45) is 22.2 Å². The van der Waals surface area contributed by atoms with Crippen LogP contribution in [0.4, 0.5) is 5.95 Å². The van der Waals surface area contributed by atoms with Crippen molar-refractivity contribution in [1.82, 2.24) is 9.97 Å². The third kappa shape index (κ3) is 3.08. The maximum Gasteiger partial charge on any atom is 0.253 e. The lowest BCUT2D eigenvalue weighted by Crippen LogP contribution is -2.22. The number of halogens is 1. The molecular formula is C16H15ClN6. The molecule has 0 atom stereocenters. The number of benzene rings is 2. The standard InChI is InChI=1S/C16H15ClN6/c17-10-5-6-13-12(7-10)14(22-16(21-13)23-15(19)20)11-4-2-1-3-9(11)8-18/h1-7H,8,18H2,(H4,19,20,21,22,23). The second-order valence-corrected chi connectivity index (χ2v) is 5.37. The molecule has 0 aliphatic heterocycles. The van der Waals surface area contributed by atoms with Gasteiger partial charge in [0.05, 0.1) is 11.2 Å². The third-order valence-corrected chi connectivity index (χ3v) is 3.60. The van der Waals surface area contributed by atoms with Crippen molar-refractivity contribution >= 4 is 34.4 Å².